The molecular weight excluding hydrogens is 318 g/mol. The molecule has 0 N–H and O–H groups in total. The predicted molar refractivity (Wildman–Crippen MR) is 92.5 cm³/mol. The molecule has 5 nitrogen and oxygen atoms in total. The number of carbonyl (C=O) groups is 2. The van der Waals surface area contributed by atoms with E-state index in [1.54, 1.807) is 0 Å². The average molecular weight is 339 g/mol. The van der Waals surface area contributed by atoms with Gasteiger partial charge in [0.15, 0.2) is 12.1 Å². The van der Waals surface area contributed by atoms with E-state index in [0.29, 0.717) is 0 Å². The summed E-state index contributed by atoms with van der Waals surface area (Å²) in [7, 11) is 1.32. The van der Waals surface area contributed by atoms with Crippen LogP contribution in [0.5, 0.6) is 0 Å². The highest BCUT2D eigenvalue weighted by molar-refractivity contribution is 5.99. The molecule has 1 aliphatic heterocycles. The van der Waals surface area contributed by atoms with Crippen molar-refractivity contribution in [1.82, 2.24) is 4.90 Å². The Hall–Kier alpha value is -2.66. The summed E-state index contributed by atoms with van der Waals surface area (Å²) in [5.74, 6) is -0.650. The Morgan fingerprint density at radius 1 is 1.08 bits per heavy atom. The third-order valence-corrected chi connectivity index (χ3v) is 4.50. The molecule has 130 valence electrons. The Kier molecular flexibility index (Phi) is 5.14. The molecule has 25 heavy (non-hydrogen) atoms. The van der Waals surface area contributed by atoms with Gasteiger partial charge in [-0.3, -0.25) is 4.79 Å². The highest BCUT2D eigenvalue weighted by Crippen LogP contribution is 2.34. The van der Waals surface area contributed by atoms with E-state index in [9.17, 15) is 9.59 Å². The third kappa shape index (κ3) is 3.42. The first kappa shape index (κ1) is 17.2. The predicted octanol–water partition coefficient (Wildman–Crippen LogP) is 2.72. The van der Waals surface area contributed by atoms with Gasteiger partial charge >= 0.3 is 5.97 Å². The van der Waals surface area contributed by atoms with E-state index in [1.165, 1.54) is 12.0 Å². The fourth-order valence-corrected chi connectivity index (χ4v) is 3.09. The number of carbonyl (C=O) groups excluding carboxylic acids is 2. The van der Waals surface area contributed by atoms with E-state index in [4.69, 9.17) is 9.47 Å². The van der Waals surface area contributed by atoms with Gasteiger partial charge in [0, 0.05) is 0 Å². The topological polar surface area (TPSA) is 55.8 Å². The van der Waals surface area contributed by atoms with E-state index in [0.717, 1.165) is 11.1 Å². The van der Waals surface area contributed by atoms with Gasteiger partial charge in [-0.1, -0.05) is 60.7 Å². The second kappa shape index (κ2) is 7.49. The van der Waals surface area contributed by atoms with Crippen LogP contribution in [0.15, 0.2) is 60.7 Å². The van der Waals surface area contributed by atoms with Gasteiger partial charge in [-0.25, -0.2) is 4.79 Å². The van der Waals surface area contributed by atoms with Gasteiger partial charge in [-0.2, -0.15) is 0 Å². The van der Waals surface area contributed by atoms with Crippen LogP contribution in [0.2, 0.25) is 0 Å². The lowest BCUT2D eigenvalue weighted by atomic mass is 9.92. The SMILES string of the molecule is COC(=O)[C@H]1[C@@H](OCc2ccccc2)C(=O)N1C(C)c1ccccc1. The second-order valence-electron chi connectivity index (χ2n) is 6.02. The molecule has 5 heteroatoms. The fraction of sp³-hybridized carbons (Fsp3) is 0.300. The van der Waals surface area contributed by atoms with Crippen LogP contribution in [-0.2, 0) is 25.7 Å². The standard InChI is InChI=1S/C20H21NO4/c1-14(16-11-7-4-8-12-16)21-17(20(23)24-2)18(19(21)22)25-13-15-9-5-3-6-10-15/h3-12,14,17-18H,13H2,1-2H3/t14?,17-,18-/m1/s1. The van der Waals surface area contributed by atoms with Crippen LogP contribution in [0.25, 0.3) is 0 Å². The van der Waals surface area contributed by atoms with Crippen molar-refractivity contribution in [2.45, 2.75) is 31.7 Å². The minimum Gasteiger partial charge on any atom is -0.467 e. The summed E-state index contributed by atoms with van der Waals surface area (Å²) < 4.78 is 10.6. The number of hydrogen-bond acceptors (Lipinski definition) is 4. The molecule has 2 aromatic carbocycles. The molecule has 1 heterocycles. The first-order valence-corrected chi connectivity index (χ1v) is 8.24. The normalized spacial score (nSPS) is 20.7. The molecule has 1 amide bonds. The Morgan fingerprint density at radius 2 is 1.68 bits per heavy atom. The van der Waals surface area contributed by atoms with Crippen molar-refractivity contribution in [3.8, 4) is 0 Å². The van der Waals surface area contributed by atoms with E-state index in [-0.39, 0.29) is 18.6 Å². The number of esters is 1. The minimum absolute atomic E-state index is 0.192. The van der Waals surface area contributed by atoms with Gasteiger partial charge in [0.25, 0.3) is 5.91 Å². The lowest BCUT2D eigenvalue weighted by Gasteiger charge is -2.47. The van der Waals surface area contributed by atoms with E-state index >= 15 is 0 Å². The summed E-state index contributed by atoms with van der Waals surface area (Å²) in [6, 6.07) is 18.2. The highest BCUT2D eigenvalue weighted by Gasteiger charge is 2.55. The number of likely N-dealkylation sites (tertiary alicyclic amines) is 1. The number of benzene rings is 2. The number of nitrogens with zero attached hydrogens (tertiary/aromatic N) is 1. The lowest BCUT2D eigenvalue weighted by molar-refractivity contribution is -0.192. The van der Waals surface area contributed by atoms with E-state index in [1.807, 2.05) is 67.6 Å². The van der Waals surface area contributed by atoms with Crippen LogP contribution in [0.4, 0.5) is 0 Å². The number of methoxy groups -OCH3 is 1. The van der Waals surface area contributed by atoms with Crippen LogP contribution in [-0.4, -0.2) is 36.0 Å². The van der Waals surface area contributed by atoms with Crippen LogP contribution in [0.1, 0.15) is 24.1 Å². The van der Waals surface area contributed by atoms with Crippen molar-refractivity contribution < 1.29 is 19.1 Å². The molecule has 2 aromatic rings. The average Bonchev–Trinajstić information content (AvgIpc) is 2.66. The first-order valence-electron chi connectivity index (χ1n) is 8.24. The molecule has 0 aromatic heterocycles. The summed E-state index contributed by atoms with van der Waals surface area (Å²) in [6.07, 6.45) is -0.807. The fourth-order valence-electron chi connectivity index (χ4n) is 3.09. The summed E-state index contributed by atoms with van der Waals surface area (Å²) in [4.78, 5) is 26.4. The molecule has 1 unspecified atom stereocenters. The molecular formula is C20H21NO4. The van der Waals surface area contributed by atoms with Gasteiger partial charge in [0.2, 0.25) is 0 Å². The van der Waals surface area contributed by atoms with Crippen molar-refractivity contribution >= 4 is 11.9 Å². The molecule has 3 atom stereocenters. The Morgan fingerprint density at radius 3 is 2.28 bits per heavy atom. The van der Waals surface area contributed by atoms with Gasteiger partial charge < -0.3 is 14.4 Å². The zero-order valence-corrected chi connectivity index (χ0v) is 14.3. The minimum atomic E-state index is -0.807. The number of rotatable bonds is 6. The van der Waals surface area contributed by atoms with Gasteiger partial charge in [0.05, 0.1) is 19.8 Å². The maximum Gasteiger partial charge on any atom is 0.331 e. The van der Waals surface area contributed by atoms with Crippen LogP contribution in [0, 0.1) is 0 Å². The van der Waals surface area contributed by atoms with Crippen molar-refractivity contribution in [2.75, 3.05) is 7.11 Å². The van der Waals surface area contributed by atoms with Crippen molar-refractivity contribution in [3.63, 3.8) is 0 Å². The Balaban J connectivity index is 1.74. The summed E-state index contributed by atoms with van der Waals surface area (Å²) in [5.41, 5.74) is 1.92. The zero-order chi connectivity index (χ0) is 17.8. The Bertz CT molecular complexity index is 732. The molecule has 1 fully saturated rings. The van der Waals surface area contributed by atoms with E-state index < -0.39 is 18.1 Å². The number of amides is 1. The number of ether oxygens (including phenoxy) is 2. The molecule has 1 saturated heterocycles. The summed E-state index contributed by atoms with van der Waals surface area (Å²) >= 11 is 0. The van der Waals surface area contributed by atoms with Crippen LogP contribution >= 0.6 is 0 Å². The molecule has 3 rings (SSSR count). The Labute approximate surface area is 147 Å². The zero-order valence-electron chi connectivity index (χ0n) is 14.3. The van der Waals surface area contributed by atoms with Crippen LogP contribution < -0.4 is 0 Å². The summed E-state index contributed by atoms with van der Waals surface area (Å²) in [6.45, 7) is 2.18. The molecule has 0 saturated carbocycles. The van der Waals surface area contributed by atoms with Gasteiger partial charge in [-0.05, 0) is 18.1 Å². The smallest absolute Gasteiger partial charge is 0.331 e. The van der Waals surface area contributed by atoms with Gasteiger partial charge in [0.1, 0.15) is 0 Å². The molecule has 1 aliphatic rings. The maximum atomic E-state index is 12.6. The summed E-state index contributed by atoms with van der Waals surface area (Å²) in [5, 5.41) is 0. The molecule has 0 bridgehead atoms. The van der Waals surface area contributed by atoms with Gasteiger partial charge in [-0.15, -0.1) is 0 Å². The lowest BCUT2D eigenvalue weighted by Crippen LogP contribution is -2.69. The van der Waals surface area contributed by atoms with E-state index in [2.05, 4.69) is 0 Å². The number of β-lactam (4-membered cyclic amide) rings is 1. The van der Waals surface area contributed by atoms with Crippen LogP contribution in [0.3, 0.4) is 0 Å². The van der Waals surface area contributed by atoms with Crippen molar-refractivity contribution in [2.24, 2.45) is 0 Å². The molecule has 0 spiro atoms. The highest BCUT2D eigenvalue weighted by atomic mass is 16.5. The largest absolute Gasteiger partial charge is 0.467 e. The maximum absolute atomic E-state index is 12.6. The number of hydrogen-bond donors (Lipinski definition) is 0. The van der Waals surface area contributed by atoms with Crippen molar-refractivity contribution in [1.29, 1.82) is 0 Å². The monoisotopic (exact) mass is 339 g/mol. The van der Waals surface area contributed by atoms with Crippen molar-refractivity contribution in [3.05, 3.63) is 71.8 Å². The first-order chi connectivity index (χ1) is 12.1. The molecule has 0 radical (unpaired) electrons. The third-order valence-electron chi connectivity index (χ3n) is 4.50. The molecule has 0 aliphatic carbocycles. The quantitative estimate of drug-likeness (QED) is 0.600. The second-order valence-corrected chi connectivity index (χ2v) is 6.02.